The highest BCUT2D eigenvalue weighted by Crippen LogP contribution is 2.23. The molecule has 1 N–H and O–H groups in total. The van der Waals surface area contributed by atoms with Crippen LogP contribution in [-0.2, 0) is 0 Å². The quantitative estimate of drug-likeness (QED) is 0.545. The number of aromatic nitrogens is 6. The molecular weight excluding hydrogens is 228 g/mol. The van der Waals surface area contributed by atoms with Crippen LogP contribution >= 0.6 is 0 Å². The highest BCUT2D eigenvalue weighted by atomic mass is 15.2. The number of imidazole rings is 1. The minimum absolute atomic E-state index is 0.662. The zero-order valence-corrected chi connectivity index (χ0v) is 9.28. The van der Waals surface area contributed by atoms with Crippen molar-refractivity contribution in [2.24, 2.45) is 0 Å². The van der Waals surface area contributed by atoms with Crippen LogP contribution < -0.4 is 0 Å². The third kappa shape index (κ3) is 1.22. The second-order valence-electron chi connectivity index (χ2n) is 3.93. The van der Waals surface area contributed by atoms with Crippen molar-refractivity contribution in [3.8, 4) is 11.4 Å². The zero-order chi connectivity index (χ0) is 11.9. The maximum Gasteiger partial charge on any atom is 0.181 e. The van der Waals surface area contributed by atoms with E-state index in [0.29, 0.717) is 5.65 Å². The fraction of sp³-hybridized carbons (Fsp3) is 0. The van der Waals surface area contributed by atoms with Crippen LogP contribution in [0.4, 0.5) is 0 Å². The molecule has 0 aliphatic carbocycles. The molecular formula is C12H8N6. The summed E-state index contributed by atoms with van der Waals surface area (Å²) in [7, 11) is 0. The Morgan fingerprint density at radius 1 is 1.17 bits per heavy atom. The lowest BCUT2D eigenvalue weighted by atomic mass is 10.2. The van der Waals surface area contributed by atoms with Crippen LogP contribution in [0, 0.1) is 0 Å². The molecule has 0 saturated carbocycles. The average molecular weight is 236 g/mol. The van der Waals surface area contributed by atoms with Gasteiger partial charge >= 0.3 is 0 Å². The molecule has 0 atom stereocenters. The molecule has 86 valence electrons. The van der Waals surface area contributed by atoms with Crippen molar-refractivity contribution < 1.29 is 0 Å². The van der Waals surface area contributed by atoms with Crippen LogP contribution in [0.5, 0.6) is 0 Å². The second kappa shape index (κ2) is 3.36. The van der Waals surface area contributed by atoms with E-state index in [1.54, 1.807) is 12.4 Å². The van der Waals surface area contributed by atoms with Crippen LogP contribution in [0.3, 0.4) is 0 Å². The summed E-state index contributed by atoms with van der Waals surface area (Å²) in [5, 5.41) is 4.29. The Morgan fingerprint density at radius 3 is 3.11 bits per heavy atom. The first kappa shape index (κ1) is 9.29. The minimum Gasteiger partial charge on any atom is -0.335 e. The molecule has 0 aliphatic rings. The second-order valence-corrected chi connectivity index (χ2v) is 3.93. The number of aromatic amines is 1. The van der Waals surface area contributed by atoms with Crippen LogP contribution in [0.15, 0.2) is 43.1 Å². The van der Waals surface area contributed by atoms with E-state index in [9.17, 15) is 0 Å². The van der Waals surface area contributed by atoms with Gasteiger partial charge in [-0.05, 0) is 12.1 Å². The van der Waals surface area contributed by atoms with Crippen molar-refractivity contribution in [2.45, 2.75) is 0 Å². The molecule has 6 nitrogen and oxygen atoms in total. The van der Waals surface area contributed by atoms with Gasteiger partial charge in [0.05, 0.1) is 23.5 Å². The summed E-state index contributed by atoms with van der Waals surface area (Å²) < 4.78 is 1.81. The molecule has 4 aromatic rings. The highest BCUT2D eigenvalue weighted by molar-refractivity contribution is 5.81. The molecule has 18 heavy (non-hydrogen) atoms. The Labute approximate surface area is 101 Å². The van der Waals surface area contributed by atoms with Gasteiger partial charge in [-0.25, -0.2) is 19.5 Å². The molecule has 0 saturated heterocycles. The number of pyridine rings is 1. The molecule has 4 aromatic heterocycles. The number of hydrogen-bond donors (Lipinski definition) is 1. The smallest absolute Gasteiger partial charge is 0.181 e. The van der Waals surface area contributed by atoms with Crippen molar-refractivity contribution in [3.63, 3.8) is 0 Å². The summed E-state index contributed by atoms with van der Waals surface area (Å²) >= 11 is 0. The number of nitrogens with one attached hydrogen (secondary N) is 1. The molecule has 0 radical (unpaired) electrons. The maximum atomic E-state index is 4.45. The summed E-state index contributed by atoms with van der Waals surface area (Å²) in [6.07, 6.45) is 6.90. The molecule has 4 heterocycles. The number of nitrogens with zero attached hydrogens (tertiary/aromatic N) is 5. The van der Waals surface area contributed by atoms with Crippen LogP contribution in [0.25, 0.3) is 28.1 Å². The van der Waals surface area contributed by atoms with Gasteiger partial charge in [0.2, 0.25) is 0 Å². The van der Waals surface area contributed by atoms with E-state index in [2.05, 4.69) is 25.0 Å². The average Bonchev–Trinajstić information content (AvgIpc) is 3.02. The van der Waals surface area contributed by atoms with Gasteiger partial charge in [0.15, 0.2) is 5.65 Å². The maximum absolute atomic E-state index is 4.45. The van der Waals surface area contributed by atoms with E-state index < -0.39 is 0 Å². The Bertz CT molecular complexity index is 811. The van der Waals surface area contributed by atoms with E-state index in [1.165, 1.54) is 6.33 Å². The molecule has 0 aliphatic heterocycles. The molecule has 0 amide bonds. The topological polar surface area (TPSA) is 71.8 Å². The van der Waals surface area contributed by atoms with Gasteiger partial charge in [0.25, 0.3) is 0 Å². The van der Waals surface area contributed by atoms with Crippen molar-refractivity contribution >= 4 is 16.7 Å². The lowest BCUT2D eigenvalue weighted by molar-refractivity contribution is 0.961. The van der Waals surface area contributed by atoms with Crippen LogP contribution in [-0.4, -0.2) is 29.5 Å². The molecule has 4 rings (SSSR count). The predicted molar refractivity (Wildman–Crippen MR) is 65.9 cm³/mol. The molecule has 0 fully saturated rings. The summed E-state index contributed by atoms with van der Waals surface area (Å²) in [5.74, 6) is 0.756. The number of hydrogen-bond acceptors (Lipinski definition) is 4. The Hall–Kier alpha value is -2.76. The van der Waals surface area contributed by atoms with Gasteiger partial charge in [0.1, 0.15) is 17.7 Å². The summed E-state index contributed by atoms with van der Waals surface area (Å²) in [6.45, 7) is 0. The molecule has 0 aromatic carbocycles. The van der Waals surface area contributed by atoms with Gasteiger partial charge in [0, 0.05) is 6.20 Å². The number of rotatable bonds is 1. The van der Waals surface area contributed by atoms with Gasteiger partial charge in [-0.15, -0.1) is 0 Å². The zero-order valence-electron chi connectivity index (χ0n) is 9.28. The summed E-state index contributed by atoms with van der Waals surface area (Å²) in [5.41, 5.74) is 3.44. The fourth-order valence-corrected chi connectivity index (χ4v) is 2.01. The molecule has 0 spiro atoms. The fourth-order valence-electron chi connectivity index (χ4n) is 2.01. The molecule has 0 bridgehead atoms. The first-order valence-electron chi connectivity index (χ1n) is 5.50. The Balaban J connectivity index is 2.01. The van der Waals surface area contributed by atoms with Crippen LogP contribution in [0.1, 0.15) is 0 Å². The lowest BCUT2D eigenvalue weighted by Crippen LogP contribution is -1.84. The van der Waals surface area contributed by atoms with Gasteiger partial charge < -0.3 is 4.98 Å². The number of fused-ring (bicyclic) bond motifs is 2. The third-order valence-corrected chi connectivity index (χ3v) is 2.84. The largest absolute Gasteiger partial charge is 0.335 e. The van der Waals surface area contributed by atoms with Crippen molar-refractivity contribution in [1.82, 2.24) is 29.5 Å². The predicted octanol–water partition coefficient (Wildman–Crippen LogP) is 1.67. The van der Waals surface area contributed by atoms with Crippen LogP contribution in [0.2, 0.25) is 0 Å². The van der Waals surface area contributed by atoms with Crippen molar-refractivity contribution in [3.05, 3.63) is 43.1 Å². The highest BCUT2D eigenvalue weighted by Gasteiger charge is 2.10. The van der Waals surface area contributed by atoms with E-state index in [-0.39, 0.29) is 0 Å². The van der Waals surface area contributed by atoms with Crippen molar-refractivity contribution in [2.75, 3.05) is 0 Å². The SMILES string of the molecule is c1ccn2ncc(-c3nc4ncncc4[nH]3)c2c1. The monoisotopic (exact) mass is 236 g/mol. The first-order chi connectivity index (χ1) is 8.92. The Morgan fingerprint density at radius 2 is 2.17 bits per heavy atom. The van der Waals surface area contributed by atoms with E-state index in [4.69, 9.17) is 0 Å². The van der Waals surface area contributed by atoms with E-state index in [1.807, 2.05) is 28.9 Å². The minimum atomic E-state index is 0.662. The van der Waals surface area contributed by atoms with Gasteiger partial charge in [-0.2, -0.15) is 5.10 Å². The van der Waals surface area contributed by atoms with E-state index >= 15 is 0 Å². The lowest BCUT2D eigenvalue weighted by Gasteiger charge is -1.93. The third-order valence-electron chi connectivity index (χ3n) is 2.84. The summed E-state index contributed by atoms with van der Waals surface area (Å²) in [4.78, 5) is 15.7. The Kier molecular flexibility index (Phi) is 1.74. The van der Waals surface area contributed by atoms with E-state index in [0.717, 1.165) is 22.4 Å². The van der Waals surface area contributed by atoms with Gasteiger partial charge in [-0.3, -0.25) is 0 Å². The molecule has 0 unspecified atom stereocenters. The number of H-pyrrole nitrogens is 1. The standard InChI is InChI=1S/C12H8N6/c1-2-4-18-10(3-1)8(5-15-18)11-16-9-6-13-7-14-12(9)17-11/h1-7H,(H,13,14,16,17). The normalized spacial score (nSPS) is 11.3. The first-order valence-corrected chi connectivity index (χ1v) is 5.50. The molecule has 6 heteroatoms. The van der Waals surface area contributed by atoms with Gasteiger partial charge in [-0.1, -0.05) is 6.07 Å². The summed E-state index contributed by atoms with van der Waals surface area (Å²) in [6, 6.07) is 5.91. The van der Waals surface area contributed by atoms with Crippen molar-refractivity contribution in [1.29, 1.82) is 0 Å².